The summed E-state index contributed by atoms with van der Waals surface area (Å²) >= 11 is 0. The van der Waals surface area contributed by atoms with E-state index in [1.54, 1.807) is 6.07 Å². The molecule has 6 heteroatoms. The van der Waals surface area contributed by atoms with E-state index in [0.29, 0.717) is 17.1 Å². The molecule has 2 aromatic carbocycles. The molecule has 0 heterocycles. The van der Waals surface area contributed by atoms with E-state index in [2.05, 4.69) is 0 Å². The van der Waals surface area contributed by atoms with Crippen LogP contribution < -0.4 is 9.47 Å². The topological polar surface area (TPSA) is 35.5 Å². The van der Waals surface area contributed by atoms with Crippen molar-refractivity contribution in [1.82, 2.24) is 0 Å². The predicted octanol–water partition coefficient (Wildman–Crippen LogP) is 4.62. The number of allylic oxidation sites excluding steroid dienone is 1. The summed E-state index contributed by atoms with van der Waals surface area (Å²) in [5, 5.41) is 0. The maximum Gasteiger partial charge on any atom is 0.416 e. The summed E-state index contributed by atoms with van der Waals surface area (Å²) in [7, 11) is 2.92. The van der Waals surface area contributed by atoms with Gasteiger partial charge in [-0.25, -0.2) is 0 Å². The van der Waals surface area contributed by atoms with Crippen LogP contribution in [-0.4, -0.2) is 20.0 Å². The summed E-state index contributed by atoms with van der Waals surface area (Å²) in [5.41, 5.74) is -0.164. The number of carbonyl (C=O) groups excluding carboxylic acids is 1. The predicted molar refractivity (Wildman–Crippen MR) is 84.4 cm³/mol. The van der Waals surface area contributed by atoms with Crippen LogP contribution in [0.25, 0.3) is 6.08 Å². The number of ether oxygens (including phenoxy) is 2. The first-order valence-corrected chi connectivity index (χ1v) is 6.96. The summed E-state index contributed by atoms with van der Waals surface area (Å²) in [4.78, 5) is 12.2. The van der Waals surface area contributed by atoms with Gasteiger partial charge in [-0.15, -0.1) is 0 Å². The van der Waals surface area contributed by atoms with Crippen LogP contribution in [-0.2, 0) is 6.18 Å². The van der Waals surface area contributed by atoms with Crippen LogP contribution in [0.5, 0.6) is 11.5 Å². The van der Waals surface area contributed by atoms with Crippen molar-refractivity contribution in [2.24, 2.45) is 0 Å². The second-order valence-electron chi connectivity index (χ2n) is 4.92. The molecule has 126 valence electrons. The third kappa shape index (κ3) is 4.38. The zero-order chi connectivity index (χ0) is 17.7. The van der Waals surface area contributed by atoms with Crippen molar-refractivity contribution >= 4 is 11.9 Å². The van der Waals surface area contributed by atoms with E-state index in [-0.39, 0.29) is 11.3 Å². The Bertz CT molecular complexity index is 742. The van der Waals surface area contributed by atoms with Gasteiger partial charge in [0, 0.05) is 11.6 Å². The Labute approximate surface area is 137 Å². The van der Waals surface area contributed by atoms with Crippen LogP contribution >= 0.6 is 0 Å². The van der Waals surface area contributed by atoms with Crippen molar-refractivity contribution in [2.45, 2.75) is 6.18 Å². The number of rotatable bonds is 5. The number of alkyl halides is 3. The van der Waals surface area contributed by atoms with E-state index >= 15 is 0 Å². The largest absolute Gasteiger partial charge is 0.497 e. The second kappa shape index (κ2) is 7.21. The maximum absolute atomic E-state index is 12.7. The Morgan fingerprint density at radius 3 is 2.17 bits per heavy atom. The van der Waals surface area contributed by atoms with Crippen molar-refractivity contribution in [3.05, 3.63) is 65.2 Å². The zero-order valence-electron chi connectivity index (χ0n) is 13.1. The van der Waals surface area contributed by atoms with Gasteiger partial charge in [-0.2, -0.15) is 13.2 Å². The Morgan fingerprint density at radius 1 is 1.00 bits per heavy atom. The van der Waals surface area contributed by atoms with E-state index in [1.165, 1.54) is 50.6 Å². The molecule has 0 spiro atoms. The first kappa shape index (κ1) is 17.6. The van der Waals surface area contributed by atoms with Crippen molar-refractivity contribution in [3.63, 3.8) is 0 Å². The highest BCUT2D eigenvalue weighted by Gasteiger charge is 2.30. The van der Waals surface area contributed by atoms with E-state index in [4.69, 9.17) is 9.47 Å². The van der Waals surface area contributed by atoms with Crippen LogP contribution in [0.3, 0.4) is 0 Å². The molecule has 2 aromatic rings. The van der Waals surface area contributed by atoms with Crippen LogP contribution in [0.15, 0.2) is 48.5 Å². The molecule has 0 radical (unpaired) electrons. The van der Waals surface area contributed by atoms with Gasteiger partial charge in [-0.05, 0) is 35.9 Å². The lowest BCUT2D eigenvalue weighted by Gasteiger charge is -2.07. The van der Waals surface area contributed by atoms with E-state index in [9.17, 15) is 18.0 Å². The fourth-order valence-corrected chi connectivity index (χ4v) is 2.04. The number of carbonyl (C=O) groups is 1. The highest BCUT2D eigenvalue weighted by atomic mass is 19.4. The average molecular weight is 336 g/mol. The number of hydrogen-bond donors (Lipinski definition) is 0. The Kier molecular flexibility index (Phi) is 5.28. The number of halogens is 3. The molecule has 0 aromatic heterocycles. The van der Waals surface area contributed by atoms with Crippen molar-refractivity contribution in [1.29, 1.82) is 0 Å². The van der Waals surface area contributed by atoms with Gasteiger partial charge in [0.15, 0.2) is 5.78 Å². The van der Waals surface area contributed by atoms with Gasteiger partial charge in [0.2, 0.25) is 0 Å². The average Bonchev–Trinajstić information content (AvgIpc) is 2.58. The molecule has 3 nitrogen and oxygen atoms in total. The molecule has 0 aliphatic heterocycles. The van der Waals surface area contributed by atoms with E-state index in [1.807, 2.05) is 0 Å². The molecule has 24 heavy (non-hydrogen) atoms. The van der Waals surface area contributed by atoms with Crippen LogP contribution in [0.4, 0.5) is 13.2 Å². The Morgan fingerprint density at radius 2 is 1.62 bits per heavy atom. The molecule has 0 N–H and O–H groups in total. The van der Waals surface area contributed by atoms with Gasteiger partial charge in [0.25, 0.3) is 0 Å². The minimum atomic E-state index is -4.42. The van der Waals surface area contributed by atoms with Gasteiger partial charge in [0.05, 0.1) is 19.8 Å². The van der Waals surface area contributed by atoms with Gasteiger partial charge >= 0.3 is 6.18 Å². The van der Waals surface area contributed by atoms with Crippen LogP contribution in [0.1, 0.15) is 21.5 Å². The number of hydrogen-bond acceptors (Lipinski definition) is 3. The first-order valence-electron chi connectivity index (χ1n) is 6.96. The summed E-state index contributed by atoms with van der Waals surface area (Å²) in [5.74, 6) is 0.528. The number of benzene rings is 2. The third-order valence-corrected chi connectivity index (χ3v) is 3.28. The van der Waals surface area contributed by atoms with Gasteiger partial charge in [-0.1, -0.05) is 18.2 Å². The Balaban J connectivity index is 2.25. The van der Waals surface area contributed by atoms with Gasteiger partial charge in [-0.3, -0.25) is 4.79 Å². The van der Waals surface area contributed by atoms with E-state index < -0.39 is 11.7 Å². The molecular weight excluding hydrogens is 321 g/mol. The first-order chi connectivity index (χ1) is 11.3. The highest BCUT2D eigenvalue weighted by molar-refractivity contribution is 6.07. The molecule has 0 saturated heterocycles. The fraction of sp³-hybridized carbons (Fsp3) is 0.167. The zero-order valence-corrected chi connectivity index (χ0v) is 13.1. The SMILES string of the molecule is COc1cc(OC)cc(C(=O)/C=C/c2cccc(C(F)(F)F)c2)c1. The molecule has 0 aliphatic rings. The quantitative estimate of drug-likeness (QED) is 0.590. The highest BCUT2D eigenvalue weighted by Crippen LogP contribution is 2.30. The molecule has 0 atom stereocenters. The molecule has 0 unspecified atom stereocenters. The standard InChI is InChI=1S/C18H15F3O3/c1-23-15-9-13(10-16(11-15)24-2)17(22)7-6-12-4-3-5-14(8-12)18(19,20)21/h3-11H,1-2H3/b7-6+. The molecule has 0 saturated carbocycles. The number of ketones is 1. The lowest BCUT2D eigenvalue weighted by atomic mass is 10.1. The molecule has 0 amide bonds. The third-order valence-electron chi connectivity index (χ3n) is 3.28. The van der Waals surface area contributed by atoms with E-state index in [0.717, 1.165) is 12.1 Å². The molecule has 2 rings (SSSR count). The smallest absolute Gasteiger partial charge is 0.416 e. The van der Waals surface area contributed by atoms with Gasteiger partial charge in [0.1, 0.15) is 11.5 Å². The summed E-state index contributed by atoms with van der Waals surface area (Å²) in [6.45, 7) is 0. The monoisotopic (exact) mass is 336 g/mol. The molecule has 0 aliphatic carbocycles. The molecule has 0 bridgehead atoms. The minimum absolute atomic E-state index is 0.285. The molecular formula is C18H15F3O3. The van der Waals surface area contributed by atoms with Crippen LogP contribution in [0, 0.1) is 0 Å². The summed E-state index contributed by atoms with van der Waals surface area (Å²) in [6, 6.07) is 9.42. The van der Waals surface area contributed by atoms with Crippen molar-refractivity contribution < 1.29 is 27.4 Å². The maximum atomic E-state index is 12.7. The lowest BCUT2D eigenvalue weighted by Crippen LogP contribution is -2.04. The fourth-order valence-electron chi connectivity index (χ4n) is 2.04. The van der Waals surface area contributed by atoms with Crippen LogP contribution in [0.2, 0.25) is 0 Å². The normalized spacial score (nSPS) is 11.5. The van der Waals surface area contributed by atoms with Crippen molar-refractivity contribution in [3.8, 4) is 11.5 Å². The summed E-state index contributed by atoms with van der Waals surface area (Å²) < 4.78 is 48.2. The lowest BCUT2D eigenvalue weighted by molar-refractivity contribution is -0.137. The van der Waals surface area contributed by atoms with Crippen molar-refractivity contribution in [2.75, 3.05) is 14.2 Å². The Hall–Kier alpha value is -2.76. The number of methoxy groups -OCH3 is 2. The minimum Gasteiger partial charge on any atom is -0.497 e. The second-order valence-corrected chi connectivity index (χ2v) is 4.92. The molecule has 0 fully saturated rings. The summed E-state index contributed by atoms with van der Waals surface area (Å²) in [6.07, 6.45) is -1.87. The van der Waals surface area contributed by atoms with Gasteiger partial charge < -0.3 is 9.47 Å².